The van der Waals surface area contributed by atoms with Crippen molar-refractivity contribution in [3.8, 4) is 5.75 Å². The lowest BCUT2D eigenvalue weighted by atomic mass is 10.1. The summed E-state index contributed by atoms with van der Waals surface area (Å²) in [7, 11) is 1.64. The van der Waals surface area contributed by atoms with Gasteiger partial charge < -0.3 is 15.4 Å². The summed E-state index contributed by atoms with van der Waals surface area (Å²) in [5.74, 6) is 0.819. The highest BCUT2D eigenvalue weighted by atomic mass is 32.1. The fraction of sp³-hybridized carbons (Fsp3) is 0.200. The van der Waals surface area contributed by atoms with E-state index >= 15 is 0 Å². The van der Waals surface area contributed by atoms with Crippen LogP contribution in [-0.4, -0.2) is 17.2 Å². The first-order chi connectivity index (χ1) is 9.69. The zero-order valence-corrected chi connectivity index (χ0v) is 12.3. The van der Waals surface area contributed by atoms with Crippen LogP contribution >= 0.6 is 12.2 Å². The molecule has 0 saturated carbocycles. The number of nitrogens with one attached hydrogen (secondary N) is 2. The number of aromatic nitrogens is 1. The van der Waals surface area contributed by atoms with Crippen LogP contribution in [0.1, 0.15) is 18.5 Å². The molecule has 0 fully saturated rings. The number of rotatable bonds is 4. The largest absolute Gasteiger partial charge is 0.497 e. The van der Waals surface area contributed by atoms with Crippen LogP contribution in [0.15, 0.2) is 48.8 Å². The molecule has 104 valence electrons. The van der Waals surface area contributed by atoms with E-state index in [4.69, 9.17) is 17.0 Å². The van der Waals surface area contributed by atoms with E-state index in [9.17, 15) is 0 Å². The number of ether oxygens (including phenoxy) is 1. The van der Waals surface area contributed by atoms with Gasteiger partial charge in [-0.2, -0.15) is 0 Å². The van der Waals surface area contributed by atoms with Gasteiger partial charge in [-0.05, 0) is 61.1 Å². The van der Waals surface area contributed by atoms with Gasteiger partial charge in [0, 0.05) is 18.1 Å². The molecule has 0 saturated heterocycles. The molecule has 0 aliphatic carbocycles. The molecule has 0 spiro atoms. The molecule has 0 bridgehead atoms. The highest BCUT2D eigenvalue weighted by Gasteiger charge is 2.06. The number of nitrogens with zero attached hydrogens (tertiary/aromatic N) is 1. The maximum absolute atomic E-state index is 5.30. The van der Waals surface area contributed by atoms with E-state index in [0.29, 0.717) is 5.11 Å². The Hall–Kier alpha value is -2.14. The Bertz CT molecular complexity index is 557. The minimum absolute atomic E-state index is 0.122. The Balaban J connectivity index is 1.91. The van der Waals surface area contributed by atoms with Crippen molar-refractivity contribution in [2.45, 2.75) is 13.0 Å². The van der Waals surface area contributed by atoms with Crippen LogP contribution in [0.2, 0.25) is 0 Å². The van der Waals surface area contributed by atoms with Crippen LogP contribution in [0.5, 0.6) is 5.75 Å². The topological polar surface area (TPSA) is 46.2 Å². The average molecular weight is 287 g/mol. The molecule has 1 aromatic heterocycles. The van der Waals surface area contributed by atoms with E-state index in [0.717, 1.165) is 17.0 Å². The maximum atomic E-state index is 5.30. The number of hydrogen-bond acceptors (Lipinski definition) is 3. The van der Waals surface area contributed by atoms with Crippen LogP contribution in [-0.2, 0) is 0 Å². The van der Waals surface area contributed by atoms with Crippen molar-refractivity contribution in [2.24, 2.45) is 0 Å². The molecule has 0 aliphatic rings. The van der Waals surface area contributed by atoms with Gasteiger partial charge in [-0.15, -0.1) is 0 Å². The second-order valence-corrected chi connectivity index (χ2v) is 4.74. The Morgan fingerprint density at radius 1 is 1.15 bits per heavy atom. The summed E-state index contributed by atoms with van der Waals surface area (Å²) in [5.41, 5.74) is 2.06. The van der Waals surface area contributed by atoms with Gasteiger partial charge in [0.15, 0.2) is 5.11 Å². The number of pyridine rings is 1. The maximum Gasteiger partial charge on any atom is 0.171 e. The molecule has 0 radical (unpaired) electrons. The molecular weight excluding hydrogens is 270 g/mol. The van der Waals surface area contributed by atoms with Gasteiger partial charge in [0.1, 0.15) is 5.75 Å². The summed E-state index contributed by atoms with van der Waals surface area (Å²) >= 11 is 5.30. The summed E-state index contributed by atoms with van der Waals surface area (Å²) in [6.45, 7) is 2.05. The van der Waals surface area contributed by atoms with E-state index in [-0.39, 0.29) is 6.04 Å². The van der Waals surface area contributed by atoms with Crippen molar-refractivity contribution in [1.82, 2.24) is 10.3 Å². The molecule has 5 heteroatoms. The minimum atomic E-state index is 0.122. The summed E-state index contributed by atoms with van der Waals surface area (Å²) < 4.78 is 5.11. The molecule has 2 aromatic rings. The summed E-state index contributed by atoms with van der Waals surface area (Å²) in [5, 5.41) is 6.96. The lowest BCUT2D eigenvalue weighted by molar-refractivity contribution is 0.415. The van der Waals surface area contributed by atoms with Gasteiger partial charge in [-0.1, -0.05) is 0 Å². The highest BCUT2D eigenvalue weighted by molar-refractivity contribution is 7.80. The smallest absolute Gasteiger partial charge is 0.171 e. The second kappa shape index (κ2) is 6.86. The first-order valence-electron chi connectivity index (χ1n) is 6.30. The first-order valence-corrected chi connectivity index (χ1v) is 6.71. The molecule has 0 aliphatic heterocycles. The Labute approximate surface area is 124 Å². The van der Waals surface area contributed by atoms with Crippen molar-refractivity contribution >= 4 is 23.0 Å². The monoisotopic (exact) mass is 287 g/mol. The summed E-state index contributed by atoms with van der Waals surface area (Å²) in [4.78, 5) is 4.00. The third kappa shape index (κ3) is 3.93. The van der Waals surface area contributed by atoms with Crippen LogP contribution in [0.25, 0.3) is 0 Å². The first kappa shape index (κ1) is 14.3. The Morgan fingerprint density at radius 3 is 2.40 bits per heavy atom. The SMILES string of the molecule is COc1ccc(NC(=S)NC(C)c2ccncc2)cc1. The molecule has 20 heavy (non-hydrogen) atoms. The van der Waals surface area contributed by atoms with Gasteiger partial charge in [-0.25, -0.2) is 0 Å². The van der Waals surface area contributed by atoms with E-state index < -0.39 is 0 Å². The van der Waals surface area contributed by atoms with Crippen molar-refractivity contribution in [2.75, 3.05) is 12.4 Å². The van der Waals surface area contributed by atoms with Crippen molar-refractivity contribution in [3.63, 3.8) is 0 Å². The Morgan fingerprint density at radius 2 is 1.80 bits per heavy atom. The average Bonchev–Trinajstić information content (AvgIpc) is 2.49. The predicted octanol–water partition coefficient (Wildman–Crippen LogP) is 3.14. The highest BCUT2D eigenvalue weighted by Crippen LogP contribution is 2.15. The fourth-order valence-corrected chi connectivity index (χ4v) is 2.07. The normalized spacial score (nSPS) is 11.5. The lowest BCUT2D eigenvalue weighted by Gasteiger charge is -2.17. The standard InChI is InChI=1S/C15H17N3OS/c1-11(12-7-9-16-10-8-12)17-15(20)18-13-3-5-14(19-2)6-4-13/h3-11H,1-2H3,(H2,17,18,20). The zero-order chi connectivity index (χ0) is 14.4. The van der Waals surface area contributed by atoms with Gasteiger partial charge in [-0.3, -0.25) is 4.98 Å². The number of thiocarbonyl (C=S) groups is 1. The number of benzene rings is 1. The third-order valence-electron chi connectivity index (χ3n) is 2.90. The van der Waals surface area contributed by atoms with E-state index in [1.165, 1.54) is 0 Å². The molecular formula is C15H17N3OS. The van der Waals surface area contributed by atoms with Gasteiger partial charge in [0.25, 0.3) is 0 Å². The van der Waals surface area contributed by atoms with Crippen LogP contribution in [0, 0.1) is 0 Å². The Kier molecular flexibility index (Phi) is 4.90. The zero-order valence-electron chi connectivity index (χ0n) is 11.5. The van der Waals surface area contributed by atoms with E-state index in [1.807, 2.05) is 36.4 Å². The fourth-order valence-electron chi connectivity index (χ4n) is 1.77. The predicted molar refractivity (Wildman–Crippen MR) is 85.0 cm³/mol. The molecule has 1 atom stereocenters. The molecule has 1 unspecified atom stereocenters. The van der Waals surface area contributed by atoms with Crippen LogP contribution < -0.4 is 15.4 Å². The number of anilines is 1. The van der Waals surface area contributed by atoms with E-state index in [2.05, 4.69) is 22.5 Å². The van der Waals surface area contributed by atoms with E-state index in [1.54, 1.807) is 19.5 Å². The molecule has 1 heterocycles. The van der Waals surface area contributed by atoms with Gasteiger partial charge >= 0.3 is 0 Å². The molecule has 2 N–H and O–H groups in total. The number of hydrogen-bond donors (Lipinski definition) is 2. The minimum Gasteiger partial charge on any atom is -0.497 e. The molecule has 1 aromatic carbocycles. The van der Waals surface area contributed by atoms with Crippen LogP contribution in [0.3, 0.4) is 0 Å². The molecule has 2 rings (SSSR count). The van der Waals surface area contributed by atoms with Gasteiger partial charge in [0.2, 0.25) is 0 Å². The quantitative estimate of drug-likeness (QED) is 0.846. The van der Waals surface area contributed by atoms with Crippen molar-refractivity contribution < 1.29 is 4.74 Å². The second-order valence-electron chi connectivity index (χ2n) is 4.33. The summed E-state index contributed by atoms with van der Waals surface area (Å²) in [6.07, 6.45) is 3.54. The van der Waals surface area contributed by atoms with Crippen molar-refractivity contribution in [1.29, 1.82) is 0 Å². The summed E-state index contributed by atoms with van der Waals surface area (Å²) in [6, 6.07) is 11.7. The van der Waals surface area contributed by atoms with Gasteiger partial charge in [0.05, 0.1) is 13.2 Å². The molecule has 0 amide bonds. The lowest BCUT2D eigenvalue weighted by Crippen LogP contribution is -2.30. The molecule has 4 nitrogen and oxygen atoms in total. The third-order valence-corrected chi connectivity index (χ3v) is 3.12. The number of methoxy groups -OCH3 is 1. The van der Waals surface area contributed by atoms with Crippen LogP contribution in [0.4, 0.5) is 5.69 Å². The van der Waals surface area contributed by atoms with Crippen molar-refractivity contribution in [3.05, 3.63) is 54.4 Å².